The molecule has 1 fully saturated rings. The zero-order valence-electron chi connectivity index (χ0n) is 9.24. The van der Waals surface area contributed by atoms with Crippen LogP contribution in [0.3, 0.4) is 0 Å². The second-order valence-corrected chi connectivity index (χ2v) is 4.76. The molecule has 0 atom stereocenters. The number of benzene rings is 1. The average Bonchev–Trinajstić information content (AvgIpc) is 2.79. The molecular weight excluding hydrogens is 267 g/mol. The Labute approximate surface area is 106 Å². The van der Waals surface area contributed by atoms with Gasteiger partial charge in [0.15, 0.2) is 0 Å². The van der Waals surface area contributed by atoms with Crippen LogP contribution in [0.2, 0.25) is 0 Å². The first-order valence-corrected chi connectivity index (χ1v) is 6.34. The molecule has 1 aliphatic rings. The molecule has 7 heteroatoms. The van der Waals surface area contributed by atoms with E-state index >= 15 is 0 Å². The number of carbonyl (C=O) groups excluding carboxylic acids is 1. The molecule has 0 bridgehead atoms. The van der Waals surface area contributed by atoms with Crippen LogP contribution in [0, 0.1) is 0 Å². The molecule has 0 aliphatic carbocycles. The van der Waals surface area contributed by atoms with Crippen LogP contribution < -0.4 is 4.74 Å². The van der Waals surface area contributed by atoms with Gasteiger partial charge in [-0.2, -0.15) is 0 Å². The first-order valence-electron chi connectivity index (χ1n) is 5.18. The van der Waals surface area contributed by atoms with Crippen molar-refractivity contribution in [2.24, 2.45) is 0 Å². The predicted octanol–water partition coefficient (Wildman–Crippen LogP) is 2.73. The molecule has 3 nitrogen and oxygen atoms in total. The van der Waals surface area contributed by atoms with Gasteiger partial charge in [0.25, 0.3) is 5.91 Å². The van der Waals surface area contributed by atoms with Crippen molar-refractivity contribution in [1.29, 1.82) is 0 Å². The number of alkyl halides is 3. The summed E-state index contributed by atoms with van der Waals surface area (Å²) in [7, 11) is 0. The van der Waals surface area contributed by atoms with Gasteiger partial charge in [-0.05, 0) is 18.2 Å². The third-order valence-electron chi connectivity index (χ3n) is 2.35. The van der Waals surface area contributed by atoms with Gasteiger partial charge in [0, 0.05) is 17.9 Å². The number of amides is 1. The number of hydrogen-bond acceptors (Lipinski definition) is 3. The van der Waals surface area contributed by atoms with E-state index in [2.05, 4.69) is 4.74 Å². The fourth-order valence-corrected chi connectivity index (χ4v) is 2.53. The van der Waals surface area contributed by atoms with Crippen molar-refractivity contribution in [3.8, 4) is 5.75 Å². The number of thioether (sulfide) groups is 1. The fourth-order valence-electron chi connectivity index (χ4n) is 1.58. The highest BCUT2D eigenvalue weighted by molar-refractivity contribution is 7.99. The van der Waals surface area contributed by atoms with Gasteiger partial charge in [-0.3, -0.25) is 4.79 Å². The van der Waals surface area contributed by atoms with Crippen molar-refractivity contribution in [1.82, 2.24) is 4.90 Å². The summed E-state index contributed by atoms with van der Waals surface area (Å²) >= 11 is 1.61. The quantitative estimate of drug-likeness (QED) is 0.832. The van der Waals surface area contributed by atoms with Gasteiger partial charge < -0.3 is 9.64 Å². The highest BCUT2D eigenvalue weighted by Gasteiger charge is 2.31. The lowest BCUT2D eigenvalue weighted by Crippen LogP contribution is -2.27. The van der Waals surface area contributed by atoms with Crippen LogP contribution >= 0.6 is 11.8 Å². The lowest BCUT2D eigenvalue weighted by Gasteiger charge is -2.15. The molecule has 0 saturated carbocycles. The highest BCUT2D eigenvalue weighted by Crippen LogP contribution is 2.24. The minimum Gasteiger partial charge on any atom is -0.406 e. The van der Waals surface area contributed by atoms with E-state index in [1.165, 1.54) is 18.2 Å². The van der Waals surface area contributed by atoms with E-state index in [1.807, 2.05) is 0 Å². The summed E-state index contributed by atoms with van der Waals surface area (Å²) in [6.45, 7) is 0.619. The largest absolute Gasteiger partial charge is 0.573 e. The van der Waals surface area contributed by atoms with E-state index in [0.29, 0.717) is 12.4 Å². The van der Waals surface area contributed by atoms with Crippen molar-refractivity contribution < 1.29 is 22.7 Å². The van der Waals surface area contributed by atoms with Crippen molar-refractivity contribution >= 4 is 17.7 Å². The third-order valence-corrected chi connectivity index (χ3v) is 3.32. The number of carbonyl (C=O) groups is 1. The van der Waals surface area contributed by atoms with Gasteiger partial charge >= 0.3 is 6.36 Å². The summed E-state index contributed by atoms with van der Waals surface area (Å²) in [5, 5.41) is 0. The smallest absolute Gasteiger partial charge is 0.406 e. The number of ether oxygens (including phenoxy) is 1. The van der Waals surface area contributed by atoms with Crippen LogP contribution in [0.15, 0.2) is 24.3 Å². The molecule has 1 aromatic carbocycles. The minimum absolute atomic E-state index is 0.208. The molecule has 1 amide bonds. The van der Waals surface area contributed by atoms with Crippen molar-refractivity contribution in [3.63, 3.8) is 0 Å². The Morgan fingerprint density at radius 3 is 2.78 bits per heavy atom. The molecule has 2 rings (SSSR count). The van der Waals surface area contributed by atoms with Crippen LogP contribution in [-0.4, -0.2) is 35.3 Å². The maximum absolute atomic E-state index is 12.1. The van der Waals surface area contributed by atoms with Gasteiger partial charge in [0.2, 0.25) is 0 Å². The topological polar surface area (TPSA) is 29.5 Å². The molecule has 0 unspecified atom stereocenters. The molecule has 0 spiro atoms. The first-order chi connectivity index (χ1) is 8.46. The van der Waals surface area contributed by atoms with Gasteiger partial charge in [0.1, 0.15) is 5.75 Å². The minimum atomic E-state index is -4.74. The Kier molecular flexibility index (Phi) is 3.70. The molecule has 1 aromatic rings. The highest BCUT2D eigenvalue weighted by atomic mass is 32.2. The zero-order chi connectivity index (χ0) is 13.2. The lowest BCUT2D eigenvalue weighted by atomic mass is 10.2. The summed E-state index contributed by atoms with van der Waals surface area (Å²) in [5.74, 6) is 0.779. The van der Waals surface area contributed by atoms with E-state index in [4.69, 9.17) is 0 Å². The summed E-state index contributed by atoms with van der Waals surface area (Å²) in [6, 6.07) is 5.13. The van der Waals surface area contributed by atoms with Gasteiger partial charge in [-0.15, -0.1) is 24.9 Å². The standard InChI is InChI=1S/C11H10F3NO2S/c12-11(13,14)17-9-3-1-2-8(6-9)10(16)15-4-5-18-7-15/h1-3,6H,4-5,7H2. The Morgan fingerprint density at radius 2 is 2.17 bits per heavy atom. The van der Waals surface area contributed by atoms with E-state index in [-0.39, 0.29) is 17.2 Å². The second-order valence-electron chi connectivity index (χ2n) is 3.68. The Morgan fingerprint density at radius 1 is 1.39 bits per heavy atom. The lowest BCUT2D eigenvalue weighted by molar-refractivity contribution is -0.274. The number of hydrogen-bond donors (Lipinski definition) is 0. The second kappa shape index (κ2) is 5.09. The van der Waals surface area contributed by atoms with Crippen LogP contribution in [0.1, 0.15) is 10.4 Å². The Bertz CT molecular complexity index is 444. The summed E-state index contributed by atoms with van der Waals surface area (Å²) in [4.78, 5) is 13.5. The molecule has 0 aromatic heterocycles. The third kappa shape index (κ3) is 3.32. The molecule has 98 valence electrons. The van der Waals surface area contributed by atoms with Crippen LogP contribution in [0.5, 0.6) is 5.75 Å². The fraction of sp³-hybridized carbons (Fsp3) is 0.364. The van der Waals surface area contributed by atoms with E-state index in [1.54, 1.807) is 16.7 Å². The molecule has 18 heavy (non-hydrogen) atoms. The van der Waals surface area contributed by atoms with Crippen molar-refractivity contribution in [2.45, 2.75) is 6.36 Å². The SMILES string of the molecule is O=C(c1cccc(OC(F)(F)F)c1)N1CCSC1. The number of halogens is 3. The van der Waals surface area contributed by atoms with Crippen LogP contribution in [0.25, 0.3) is 0 Å². The van der Waals surface area contributed by atoms with Crippen molar-refractivity contribution in [3.05, 3.63) is 29.8 Å². The average molecular weight is 277 g/mol. The summed E-state index contributed by atoms with van der Waals surface area (Å²) in [5.41, 5.74) is 0.208. The summed E-state index contributed by atoms with van der Waals surface area (Å²) < 4.78 is 39.9. The molecule has 1 saturated heterocycles. The predicted molar refractivity (Wildman–Crippen MR) is 61.5 cm³/mol. The molecular formula is C11H10F3NO2S. The van der Waals surface area contributed by atoms with Crippen LogP contribution in [-0.2, 0) is 0 Å². The number of nitrogens with zero attached hydrogens (tertiary/aromatic N) is 1. The van der Waals surface area contributed by atoms with Gasteiger partial charge in [0.05, 0.1) is 5.88 Å². The van der Waals surface area contributed by atoms with E-state index < -0.39 is 6.36 Å². The Hall–Kier alpha value is -1.37. The number of rotatable bonds is 2. The monoisotopic (exact) mass is 277 g/mol. The molecule has 1 aliphatic heterocycles. The normalized spacial score (nSPS) is 15.8. The van der Waals surface area contributed by atoms with E-state index in [9.17, 15) is 18.0 Å². The first kappa shape index (κ1) is 13.1. The van der Waals surface area contributed by atoms with E-state index in [0.717, 1.165) is 11.8 Å². The molecule has 0 radical (unpaired) electrons. The molecule has 1 heterocycles. The van der Waals surface area contributed by atoms with Crippen LogP contribution in [0.4, 0.5) is 13.2 Å². The summed E-state index contributed by atoms with van der Waals surface area (Å²) in [6.07, 6.45) is -4.74. The van der Waals surface area contributed by atoms with Crippen molar-refractivity contribution in [2.75, 3.05) is 18.2 Å². The zero-order valence-corrected chi connectivity index (χ0v) is 10.1. The Balaban J connectivity index is 2.13. The maximum atomic E-state index is 12.1. The van der Waals surface area contributed by atoms with Gasteiger partial charge in [-0.25, -0.2) is 0 Å². The maximum Gasteiger partial charge on any atom is 0.573 e. The van der Waals surface area contributed by atoms with Gasteiger partial charge in [-0.1, -0.05) is 6.07 Å². The molecule has 0 N–H and O–H groups in total.